The number of carbonyl (C=O) groups is 1. The second-order valence-electron chi connectivity index (χ2n) is 7.62. The highest BCUT2D eigenvalue weighted by Crippen LogP contribution is 2.35. The number of amides is 1. The smallest absolute Gasteiger partial charge is 0.248 e. The van der Waals surface area contributed by atoms with Crippen molar-refractivity contribution in [3.63, 3.8) is 0 Å². The minimum Gasteiger partial charge on any atom is -0.478 e. The summed E-state index contributed by atoms with van der Waals surface area (Å²) < 4.78 is 17.4. The van der Waals surface area contributed by atoms with Crippen molar-refractivity contribution in [3.8, 4) is 5.88 Å². The molecule has 4 rings (SSSR count). The lowest BCUT2D eigenvalue weighted by Crippen LogP contribution is -2.35. The molecule has 1 aromatic heterocycles. The quantitative estimate of drug-likeness (QED) is 0.747. The van der Waals surface area contributed by atoms with E-state index in [0.717, 1.165) is 32.4 Å². The van der Waals surface area contributed by atoms with E-state index in [0.29, 0.717) is 30.9 Å². The zero-order valence-corrected chi connectivity index (χ0v) is 15.2. The van der Waals surface area contributed by atoms with Gasteiger partial charge in [-0.1, -0.05) is 18.9 Å². The summed E-state index contributed by atoms with van der Waals surface area (Å²) in [6.45, 7) is 3.10. The van der Waals surface area contributed by atoms with E-state index in [4.69, 9.17) is 14.2 Å². The summed E-state index contributed by atoms with van der Waals surface area (Å²) in [4.78, 5) is 18.6. The van der Waals surface area contributed by atoms with Crippen molar-refractivity contribution in [2.75, 3.05) is 32.9 Å². The first-order valence-corrected chi connectivity index (χ1v) is 9.84. The molecular weight excluding hydrogens is 332 g/mol. The van der Waals surface area contributed by atoms with Gasteiger partial charge in [0.15, 0.2) is 0 Å². The molecule has 3 heterocycles. The Balaban J connectivity index is 1.21. The molecule has 2 saturated heterocycles. The minimum atomic E-state index is 0.110. The average molecular weight is 360 g/mol. The molecule has 1 amide bonds. The van der Waals surface area contributed by atoms with Crippen LogP contribution in [0.4, 0.5) is 0 Å². The summed E-state index contributed by atoms with van der Waals surface area (Å²) in [6.07, 6.45) is 7.77. The molecule has 3 atom stereocenters. The number of ether oxygens (including phenoxy) is 3. The Bertz CT molecular complexity index is 591. The van der Waals surface area contributed by atoms with Gasteiger partial charge in [0.05, 0.1) is 25.4 Å². The van der Waals surface area contributed by atoms with Gasteiger partial charge in [-0.3, -0.25) is 4.79 Å². The van der Waals surface area contributed by atoms with Gasteiger partial charge >= 0.3 is 0 Å². The Kier molecular flexibility index (Phi) is 5.70. The summed E-state index contributed by atoms with van der Waals surface area (Å²) >= 11 is 0. The van der Waals surface area contributed by atoms with Gasteiger partial charge in [0, 0.05) is 31.3 Å². The maximum atomic E-state index is 12.5. The fourth-order valence-electron chi connectivity index (χ4n) is 4.38. The van der Waals surface area contributed by atoms with E-state index in [1.165, 1.54) is 12.8 Å². The Morgan fingerprint density at radius 2 is 2.15 bits per heavy atom. The number of aromatic nitrogens is 1. The van der Waals surface area contributed by atoms with Crippen molar-refractivity contribution < 1.29 is 19.0 Å². The van der Waals surface area contributed by atoms with E-state index in [1.54, 1.807) is 6.20 Å². The summed E-state index contributed by atoms with van der Waals surface area (Å²) in [7, 11) is 0. The lowest BCUT2D eigenvalue weighted by atomic mass is 9.91. The maximum Gasteiger partial charge on any atom is 0.248 e. The molecule has 0 radical (unpaired) electrons. The van der Waals surface area contributed by atoms with E-state index in [-0.39, 0.29) is 24.7 Å². The van der Waals surface area contributed by atoms with E-state index in [2.05, 4.69) is 4.98 Å². The number of nitrogens with zero attached hydrogens (tertiary/aromatic N) is 2. The van der Waals surface area contributed by atoms with Gasteiger partial charge in [0.25, 0.3) is 0 Å². The van der Waals surface area contributed by atoms with Gasteiger partial charge in [0.1, 0.15) is 6.61 Å². The molecule has 1 aromatic rings. The molecule has 0 unspecified atom stereocenters. The molecule has 2 aliphatic heterocycles. The summed E-state index contributed by atoms with van der Waals surface area (Å²) in [6, 6.07) is 5.67. The highest BCUT2D eigenvalue weighted by atomic mass is 16.5. The van der Waals surface area contributed by atoms with Crippen LogP contribution in [-0.2, 0) is 14.3 Å². The standard InChI is InChI=1S/C20H28N2O4/c23-20(14-25-16-5-1-2-6-16)22-11-17-15(13-26-18(17)12-22)8-10-24-19-7-3-4-9-21-19/h3-4,7,9,15-18H,1-2,5-6,8,10-14H2/t15-,17-,18-/m0/s1. The summed E-state index contributed by atoms with van der Waals surface area (Å²) in [5.74, 6) is 1.63. The second kappa shape index (κ2) is 8.35. The molecule has 0 bridgehead atoms. The zero-order chi connectivity index (χ0) is 17.8. The summed E-state index contributed by atoms with van der Waals surface area (Å²) in [5, 5.41) is 0. The van der Waals surface area contributed by atoms with Gasteiger partial charge in [-0.2, -0.15) is 0 Å². The third-order valence-corrected chi connectivity index (χ3v) is 5.91. The Morgan fingerprint density at radius 1 is 1.27 bits per heavy atom. The Hall–Kier alpha value is -1.66. The topological polar surface area (TPSA) is 60.9 Å². The largest absolute Gasteiger partial charge is 0.478 e. The Labute approximate surface area is 154 Å². The fraction of sp³-hybridized carbons (Fsp3) is 0.700. The lowest BCUT2D eigenvalue weighted by Gasteiger charge is -2.21. The van der Waals surface area contributed by atoms with Crippen LogP contribution in [0.1, 0.15) is 32.1 Å². The zero-order valence-electron chi connectivity index (χ0n) is 15.2. The molecule has 1 saturated carbocycles. The van der Waals surface area contributed by atoms with Crippen molar-refractivity contribution in [2.24, 2.45) is 11.8 Å². The second-order valence-corrected chi connectivity index (χ2v) is 7.62. The number of hydrogen-bond acceptors (Lipinski definition) is 5. The van der Waals surface area contributed by atoms with E-state index in [9.17, 15) is 4.79 Å². The molecule has 142 valence electrons. The molecule has 6 nitrogen and oxygen atoms in total. The van der Waals surface area contributed by atoms with Crippen LogP contribution in [0.3, 0.4) is 0 Å². The van der Waals surface area contributed by atoms with Crippen molar-refractivity contribution in [2.45, 2.75) is 44.3 Å². The molecule has 0 aromatic carbocycles. The average Bonchev–Trinajstić information content (AvgIpc) is 3.39. The monoisotopic (exact) mass is 360 g/mol. The fourth-order valence-corrected chi connectivity index (χ4v) is 4.38. The van der Waals surface area contributed by atoms with Crippen LogP contribution in [0.15, 0.2) is 24.4 Å². The van der Waals surface area contributed by atoms with Crippen molar-refractivity contribution in [3.05, 3.63) is 24.4 Å². The first-order valence-electron chi connectivity index (χ1n) is 9.84. The third-order valence-electron chi connectivity index (χ3n) is 5.91. The molecule has 0 N–H and O–H groups in total. The van der Waals surface area contributed by atoms with Gasteiger partial charge in [-0.25, -0.2) is 4.98 Å². The highest BCUT2D eigenvalue weighted by molar-refractivity contribution is 5.77. The van der Waals surface area contributed by atoms with Crippen LogP contribution >= 0.6 is 0 Å². The molecule has 3 fully saturated rings. The van der Waals surface area contributed by atoms with Crippen LogP contribution < -0.4 is 4.74 Å². The SMILES string of the molecule is O=C(COC1CCCC1)N1C[C@H]2[C@@H](CCOc3ccccn3)CO[C@H]2C1. The van der Waals surface area contributed by atoms with Crippen LogP contribution in [0.2, 0.25) is 0 Å². The number of fused-ring (bicyclic) bond motifs is 1. The van der Waals surface area contributed by atoms with Gasteiger partial charge < -0.3 is 19.1 Å². The first kappa shape index (κ1) is 17.7. The van der Waals surface area contributed by atoms with Crippen LogP contribution in [0.5, 0.6) is 5.88 Å². The maximum absolute atomic E-state index is 12.5. The van der Waals surface area contributed by atoms with Gasteiger partial charge in [0.2, 0.25) is 11.8 Å². The number of rotatable bonds is 7. The number of pyridine rings is 1. The molecule has 26 heavy (non-hydrogen) atoms. The summed E-state index contributed by atoms with van der Waals surface area (Å²) in [5.41, 5.74) is 0. The normalized spacial score (nSPS) is 28.5. The van der Waals surface area contributed by atoms with E-state index >= 15 is 0 Å². The van der Waals surface area contributed by atoms with Crippen LogP contribution in [-0.4, -0.2) is 60.9 Å². The lowest BCUT2D eigenvalue weighted by molar-refractivity contribution is -0.137. The van der Waals surface area contributed by atoms with Gasteiger partial charge in [-0.15, -0.1) is 0 Å². The highest BCUT2D eigenvalue weighted by Gasteiger charge is 2.44. The molecule has 1 aliphatic carbocycles. The van der Waals surface area contributed by atoms with Crippen molar-refractivity contribution in [1.82, 2.24) is 9.88 Å². The van der Waals surface area contributed by atoms with E-state index < -0.39 is 0 Å². The number of hydrogen-bond donors (Lipinski definition) is 0. The van der Waals surface area contributed by atoms with Crippen molar-refractivity contribution >= 4 is 5.91 Å². The number of likely N-dealkylation sites (tertiary alicyclic amines) is 1. The molecule has 6 heteroatoms. The minimum absolute atomic E-state index is 0.110. The number of carbonyl (C=O) groups excluding carboxylic acids is 1. The third kappa shape index (κ3) is 4.18. The van der Waals surface area contributed by atoms with E-state index in [1.807, 2.05) is 23.1 Å². The molecular formula is C20H28N2O4. The Morgan fingerprint density at radius 3 is 2.96 bits per heavy atom. The van der Waals surface area contributed by atoms with Crippen LogP contribution in [0.25, 0.3) is 0 Å². The van der Waals surface area contributed by atoms with Crippen LogP contribution in [0, 0.1) is 11.8 Å². The molecule has 3 aliphatic rings. The van der Waals surface area contributed by atoms with Gasteiger partial charge in [-0.05, 0) is 31.2 Å². The van der Waals surface area contributed by atoms with Crippen molar-refractivity contribution in [1.29, 1.82) is 0 Å². The predicted molar refractivity (Wildman–Crippen MR) is 95.9 cm³/mol. The first-order chi connectivity index (χ1) is 12.8. The molecule has 0 spiro atoms. The predicted octanol–water partition coefficient (Wildman–Crippen LogP) is 2.28.